The number of aromatic nitrogens is 1. The molecule has 0 atom stereocenters. The fourth-order valence-electron chi connectivity index (χ4n) is 2.93. The maximum Gasteiger partial charge on any atom is 0.342 e. The summed E-state index contributed by atoms with van der Waals surface area (Å²) in [6.45, 7) is 2.45. The number of hydrogen-bond donors (Lipinski definition) is 3. The van der Waals surface area contributed by atoms with E-state index in [1.807, 2.05) is 6.07 Å². The van der Waals surface area contributed by atoms with Crippen LogP contribution in [-0.2, 0) is 14.3 Å². The molecule has 0 spiro atoms. The van der Waals surface area contributed by atoms with Crippen LogP contribution < -0.4 is 11.1 Å². The van der Waals surface area contributed by atoms with E-state index in [0.717, 1.165) is 5.52 Å². The number of aromatic amines is 1. The SMILES string of the molecule is CCOC(=O)c1c(C)oc(NC(=O)COC(=O)c2c[nH]c3ccccc23)c1C(N)=O. The van der Waals surface area contributed by atoms with E-state index in [1.54, 1.807) is 25.1 Å². The van der Waals surface area contributed by atoms with Gasteiger partial charge in [-0.05, 0) is 19.9 Å². The lowest BCUT2D eigenvalue weighted by Crippen LogP contribution is -2.23. The number of benzene rings is 1. The van der Waals surface area contributed by atoms with E-state index in [0.29, 0.717) is 5.39 Å². The maximum absolute atomic E-state index is 12.3. The minimum absolute atomic E-state index is 0.0494. The number of amides is 2. The molecule has 3 rings (SSSR count). The summed E-state index contributed by atoms with van der Waals surface area (Å²) in [5.41, 5.74) is 5.86. The number of nitrogens with one attached hydrogen (secondary N) is 2. The van der Waals surface area contributed by atoms with Crippen molar-refractivity contribution in [1.82, 2.24) is 4.98 Å². The minimum atomic E-state index is -0.985. The number of nitrogens with two attached hydrogens (primary N) is 1. The minimum Gasteiger partial charge on any atom is -0.462 e. The van der Waals surface area contributed by atoms with Gasteiger partial charge in [0.1, 0.15) is 16.9 Å². The van der Waals surface area contributed by atoms with Gasteiger partial charge in [0, 0.05) is 17.1 Å². The molecule has 3 aromatic rings. The molecule has 10 heteroatoms. The third-order valence-electron chi connectivity index (χ3n) is 4.21. The standard InChI is InChI=1S/C20H19N3O7/c1-3-28-20(27)15-10(2)30-18(16(15)17(21)25)23-14(24)9-29-19(26)12-8-22-13-7-5-4-6-11(12)13/h4-8,22H,3,9H2,1-2H3,(H2,21,25)(H,23,24). The van der Waals surface area contributed by atoms with Crippen molar-refractivity contribution in [3.05, 3.63) is 52.9 Å². The van der Waals surface area contributed by atoms with Crippen LogP contribution in [0.3, 0.4) is 0 Å². The van der Waals surface area contributed by atoms with Crippen molar-refractivity contribution in [2.45, 2.75) is 13.8 Å². The molecular weight excluding hydrogens is 394 g/mol. The van der Waals surface area contributed by atoms with Gasteiger partial charge in [-0.15, -0.1) is 0 Å². The van der Waals surface area contributed by atoms with Gasteiger partial charge in [0.15, 0.2) is 6.61 Å². The molecule has 0 fully saturated rings. The fourth-order valence-corrected chi connectivity index (χ4v) is 2.93. The van der Waals surface area contributed by atoms with Crippen molar-refractivity contribution in [1.29, 1.82) is 0 Å². The van der Waals surface area contributed by atoms with Crippen LogP contribution in [-0.4, -0.2) is 42.0 Å². The van der Waals surface area contributed by atoms with Gasteiger partial charge >= 0.3 is 11.9 Å². The summed E-state index contributed by atoms with van der Waals surface area (Å²) in [6, 6.07) is 7.12. The van der Waals surface area contributed by atoms with Crippen LogP contribution in [0.5, 0.6) is 0 Å². The fraction of sp³-hybridized carbons (Fsp3) is 0.200. The molecule has 0 aliphatic heterocycles. The second-order valence-corrected chi connectivity index (χ2v) is 6.19. The van der Waals surface area contributed by atoms with Gasteiger partial charge in [0.05, 0.1) is 12.2 Å². The molecule has 0 saturated carbocycles. The highest BCUT2D eigenvalue weighted by Crippen LogP contribution is 2.27. The van der Waals surface area contributed by atoms with Crippen LogP contribution in [0.2, 0.25) is 0 Å². The summed E-state index contributed by atoms with van der Waals surface area (Å²) in [7, 11) is 0. The Morgan fingerprint density at radius 3 is 2.53 bits per heavy atom. The molecule has 0 aliphatic carbocycles. The van der Waals surface area contributed by atoms with E-state index in [1.165, 1.54) is 13.1 Å². The number of ether oxygens (including phenoxy) is 2. The number of aryl methyl sites for hydroxylation is 1. The molecule has 2 aromatic heterocycles. The molecule has 0 saturated heterocycles. The van der Waals surface area contributed by atoms with Crippen molar-refractivity contribution in [3.8, 4) is 0 Å². The van der Waals surface area contributed by atoms with Crippen molar-refractivity contribution in [2.75, 3.05) is 18.5 Å². The number of hydrogen-bond acceptors (Lipinski definition) is 7. The predicted octanol–water partition coefficient (Wildman–Crippen LogP) is 2.14. The highest BCUT2D eigenvalue weighted by molar-refractivity contribution is 6.11. The number of H-pyrrole nitrogens is 1. The summed E-state index contributed by atoms with van der Waals surface area (Å²) >= 11 is 0. The van der Waals surface area contributed by atoms with Crippen molar-refractivity contribution >= 4 is 40.5 Å². The third kappa shape index (κ3) is 4.02. The van der Waals surface area contributed by atoms with E-state index in [9.17, 15) is 19.2 Å². The van der Waals surface area contributed by atoms with Crippen LogP contribution in [0.1, 0.15) is 43.8 Å². The molecule has 0 aliphatic rings. The van der Waals surface area contributed by atoms with E-state index in [-0.39, 0.29) is 34.9 Å². The zero-order chi connectivity index (χ0) is 21.8. The second kappa shape index (κ2) is 8.52. The summed E-state index contributed by atoms with van der Waals surface area (Å²) < 4.78 is 15.2. The lowest BCUT2D eigenvalue weighted by Gasteiger charge is -2.06. The molecular formula is C20H19N3O7. The summed E-state index contributed by atoms with van der Waals surface area (Å²) in [6.07, 6.45) is 1.48. The smallest absolute Gasteiger partial charge is 0.342 e. The Morgan fingerprint density at radius 2 is 1.83 bits per heavy atom. The van der Waals surface area contributed by atoms with Crippen LogP contribution in [0.4, 0.5) is 5.88 Å². The summed E-state index contributed by atoms with van der Waals surface area (Å²) in [5, 5.41) is 2.94. The van der Waals surface area contributed by atoms with Gasteiger partial charge < -0.3 is 24.6 Å². The number of furan rings is 1. The Balaban J connectivity index is 1.72. The number of carbonyl (C=O) groups is 4. The van der Waals surface area contributed by atoms with Gasteiger partial charge in [0.2, 0.25) is 5.88 Å². The van der Waals surface area contributed by atoms with Gasteiger partial charge in [-0.2, -0.15) is 0 Å². The molecule has 156 valence electrons. The van der Waals surface area contributed by atoms with E-state index in [4.69, 9.17) is 19.6 Å². The molecule has 10 nitrogen and oxygen atoms in total. The van der Waals surface area contributed by atoms with Gasteiger partial charge in [0.25, 0.3) is 11.8 Å². The number of esters is 2. The largest absolute Gasteiger partial charge is 0.462 e. The van der Waals surface area contributed by atoms with Gasteiger partial charge in [-0.3, -0.25) is 14.9 Å². The summed E-state index contributed by atoms with van der Waals surface area (Å²) in [5.74, 6) is -3.56. The Bertz CT molecular complexity index is 1140. The number of fused-ring (bicyclic) bond motifs is 1. The number of rotatable bonds is 7. The Morgan fingerprint density at radius 1 is 1.10 bits per heavy atom. The normalized spacial score (nSPS) is 10.6. The van der Waals surface area contributed by atoms with Crippen molar-refractivity contribution in [3.63, 3.8) is 0 Å². The number of carbonyl (C=O) groups excluding carboxylic acids is 4. The van der Waals surface area contributed by atoms with E-state index < -0.39 is 30.4 Å². The molecule has 0 unspecified atom stereocenters. The predicted molar refractivity (Wildman–Crippen MR) is 105 cm³/mol. The zero-order valence-electron chi connectivity index (χ0n) is 16.2. The van der Waals surface area contributed by atoms with Crippen LogP contribution in [0.15, 0.2) is 34.9 Å². The number of primary amides is 1. The molecule has 0 bridgehead atoms. The lowest BCUT2D eigenvalue weighted by atomic mass is 10.1. The lowest BCUT2D eigenvalue weighted by molar-refractivity contribution is -0.119. The quantitative estimate of drug-likeness (QED) is 0.501. The summed E-state index contributed by atoms with van der Waals surface area (Å²) in [4.78, 5) is 51.3. The Hall–Kier alpha value is -4.08. The third-order valence-corrected chi connectivity index (χ3v) is 4.21. The van der Waals surface area contributed by atoms with Gasteiger partial charge in [-0.1, -0.05) is 18.2 Å². The second-order valence-electron chi connectivity index (χ2n) is 6.19. The number of anilines is 1. The first-order chi connectivity index (χ1) is 14.3. The first-order valence-corrected chi connectivity index (χ1v) is 8.96. The average molecular weight is 413 g/mol. The zero-order valence-corrected chi connectivity index (χ0v) is 16.2. The topological polar surface area (TPSA) is 154 Å². The maximum atomic E-state index is 12.3. The molecule has 2 amide bonds. The molecule has 30 heavy (non-hydrogen) atoms. The van der Waals surface area contributed by atoms with Crippen LogP contribution in [0.25, 0.3) is 10.9 Å². The highest BCUT2D eigenvalue weighted by atomic mass is 16.5. The first-order valence-electron chi connectivity index (χ1n) is 8.96. The van der Waals surface area contributed by atoms with Crippen molar-refractivity contribution < 1.29 is 33.1 Å². The van der Waals surface area contributed by atoms with Crippen LogP contribution >= 0.6 is 0 Å². The first kappa shape index (κ1) is 20.6. The molecule has 0 radical (unpaired) electrons. The highest BCUT2D eigenvalue weighted by Gasteiger charge is 2.29. The van der Waals surface area contributed by atoms with Crippen LogP contribution in [0, 0.1) is 6.92 Å². The Labute approximate surface area is 170 Å². The monoisotopic (exact) mass is 413 g/mol. The number of para-hydroxylation sites is 1. The molecule has 4 N–H and O–H groups in total. The van der Waals surface area contributed by atoms with E-state index in [2.05, 4.69) is 10.3 Å². The molecule has 2 heterocycles. The van der Waals surface area contributed by atoms with Crippen molar-refractivity contribution in [2.24, 2.45) is 5.73 Å². The van der Waals surface area contributed by atoms with Gasteiger partial charge in [-0.25, -0.2) is 9.59 Å². The van der Waals surface area contributed by atoms with E-state index >= 15 is 0 Å². The average Bonchev–Trinajstić information content (AvgIpc) is 3.27. The Kier molecular flexibility index (Phi) is 5.86. The molecule has 1 aromatic carbocycles.